The van der Waals surface area contributed by atoms with Gasteiger partial charge in [-0.25, -0.2) is 9.59 Å². The average Bonchev–Trinajstić information content (AvgIpc) is 3.53. The van der Waals surface area contributed by atoms with Crippen molar-refractivity contribution in [3.63, 3.8) is 0 Å². The SMILES string of the molecule is COC(=O)C1=CP2C3(C45CC6CC(CC(C6)C4)C5)C=C(C(=O)OC)P4C2(C25CC6CC(CC(C6)C2)C5)C4(C24CC5CC(CC(C5)C2)C4)P13. The van der Waals surface area contributed by atoms with Gasteiger partial charge >= 0.3 is 11.9 Å². The standard InChI is InChI=1S/C41H53O4P3/c1-44-34(42)32-21-39(36-12-23-3-24(13-36)5-25(4-23)14-36)46-22-33(35(43)45-2)47(39)41(38-18-29-9-30(19-38)11-31(10-29)20-38)40(46,48(32)41)37-15-26-6-27(16-37)8-28(7-26)17-37/h21-31H,3-20H2,1-2H3. The highest BCUT2D eigenvalue weighted by atomic mass is 31.2. The van der Waals surface area contributed by atoms with E-state index in [4.69, 9.17) is 9.47 Å². The van der Waals surface area contributed by atoms with E-state index in [0.29, 0.717) is 10.8 Å². The highest BCUT2D eigenvalue weighted by Crippen LogP contribution is 3.25. The highest BCUT2D eigenvalue weighted by Gasteiger charge is 3.04. The van der Waals surface area contributed by atoms with Crippen LogP contribution in [-0.2, 0) is 19.1 Å². The first-order valence-corrected chi connectivity index (χ1v) is 24.3. The Morgan fingerprint density at radius 3 is 1.27 bits per heavy atom. The summed E-state index contributed by atoms with van der Waals surface area (Å²) in [6.45, 7) is 0. The maximum Gasteiger partial charge on any atom is 0.338 e. The fourth-order valence-corrected chi connectivity index (χ4v) is 41.1. The van der Waals surface area contributed by atoms with Crippen LogP contribution in [-0.4, -0.2) is 40.8 Å². The van der Waals surface area contributed by atoms with E-state index in [1.807, 2.05) is 0 Å². The Kier molecular flexibility index (Phi) is 5.31. The molecular weight excluding hydrogens is 649 g/mol. The zero-order valence-electron chi connectivity index (χ0n) is 29.1. The van der Waals surface area contributed by atoms with E-state index in [1.54, 1.807) is 14.2 Å². The summed E-state index contributed by atoms with van der Waals surface area (Å²) < 4.78 is 11.8. The minimum Gasteiger partial charge on any atom is -0.465 e. The van der Waals surface area contributed by atoms with Gasteiger partial charge in [-0.05, 0) is 207 Å². The molecule has 12 aliphatic carbocycles. The van der Waals surface area contributed by atoms with Crippen LogP contribution in [0, 0.1) is 69.5 Å². The Bertz CT molecular complexity index is 1560. The van der Waals surface area contributed by atoms with E-state index < -0.39 is 23.8 Å². The molecule has 14 fully saturated rings. The first-order chi connectivity index (χ1) is 23.2. The molecule has 17 rings (SSSR count). The first-order valence-electron chi connectivity index (χ1n) is 20.3. The number of ether oxygens (including phenoxy) is 2. The number of carbonyl (C=O) groups is 2. The molecule has 7 heteroatoms. The lowest BCUT2D eigenvalue weighted by molar-refractivity contribution is -0.136. The number of allylic oxidation sites excluding steroid dienone is 1. The molecule has 0 radical (unpaired) electrons. The van der Waals surface area contributed by atoms with E-state index in [-0.39, 0.29) is 32.0 Å². The Hall–Kier alpha value is -0.290. The summed E-state index contributed by atoms with van der Waals surface area (Å²) in [7, 11) is 1.33. The van der Waals surface area contributed by atoms with E-state index in [2.05, 4.69) is 11.9 Å². The van der Waals surface area contributed by atoms with Gasteiger partial charge in [-0.1, -0.05) is 14.0 Å². The average molecular weight is 703 g/mol. The molecule has 12 saturated carbocycles. The Morgan fingerprint density at radius 1 is 0.521 bits per heavy atom. The summed E-state index contributed by atoms with van der Waals surface area (Å²) in [6.07, 6.45) is 28.6. The predicted molar refractivity (Wildman–Crippen MR) is 191 cm³/mol. The molecule has 0 spiro atoms. The van der Waals surface area contributed by atoms with Gasteiger partial charge in [0.2, 0.25) is 0 Å². The molecular formula is C41H53O4P3. The fourth-order valence-electron chi connectivity index (χ4n) is 19.4. The molecule has 48 heavy (non-hydrogen) atoms. The zero-order valence-corrected chi connectivity index (χ0v) is 31.7. The third kappa shape index (κ3) is 2.83. The third-order valence-electron chi connectivity index (χ3n) is 18.7. The van der Waals surface area contributed by atoms with Gasteiger partial charge in [0.15, 0.2) is 0 Å². The number of carbonyl (C=O) groups excluding carboxylic acids is 2. The number of esters is 2. The van der Waals surface area contributed by atoms with Gasteiger partial charge < -0.3 is 9.47 Å². The molecule has 18 bridgehead atoms. The molecule has 17 aliphatic rings. The Labute approximate surface area is 290 Å². The zero-order chi connectivity index (χ0) is 31.8. The lowest BCUT2D eigenvalue weighted by Crippen LogP contribution is -2.59. The number of rotatable bonds is 5. The predicted octanol–water partition coefficient (Wildman–Crippen LogP) is 10.3. The first kappa shape index (κ1) is 29.2. The van der Waals surface area contributed by atoms with Crippen LogP contribution >= 0.6 is 23.8 Å². The second-order valence-electron chi connectivity index (χ2n) is 20.7. The van der Waals surface area contributed by atoms with E-state index in [0.717, 1.165) is 53.3 Å². The van der Waals surface area contributed by atoms with E-state index >= 15 is 0 Å². The normalized spacial score (nSPS) is 63.5. The van der Waals surface area contributed by atoms with Crippen LogP contribution in [0.3, 0.4) is 0 Å². The molecule has 0 aromatic rings. The molecule has 6 atom stereocenters. The van der Waals surface area contributed by atoms with Gasteiger partial charge in [-0.15, -0.1) is 0 Å². The molecule has 2 saturated heterocycles. The maximum absolute atomic E-state index is 14.6. The van der Waals surface area contributed by atoms with Crippen LogP contribution in [0.1, 0.15) is 116 Å². The maximum atomic E-state index is 14.6. The monoisotopic (exact) mass is 702 g/mol. The molecule has 256 valence electrons. The Balaban J connectivity index is 1.14. The second-order valence-corrected chi connectivity index (χ2v) is 29.2. The van der Waals surface area contributed by atoms with Crippen molar-refractivity contribution in [1.82, 2.24) is 0 Å². The largest absolute Gasteiger partial charge is 0.465 e. The van der Waals surface area contributed by atoms with Crippen molar-refractivity contribution >= 4 is 35.7 Å². The number of hydrogen-bond acceptors (Lipinski definition) is 4. The summed E-state index contributed by atoms with van der Waals surface area (Å²) in [5, 5.41) is 2.40. The topological polar surface area (TPSA) is 52.6 Å². The van der Waals surface area contributed by atoms with Gasteiger partial charge in [-0.2, -0.15) is 0 Å². The van der Waals surface area contributed by atoms with Crippen LogP contribution < -0.4 is 0 Å². The van der Waals surface area contributed by atoms with Crippen molar-refractivity contribution in [2.45, 2.75) is 130 Å². The fraction of sp³-hybridized carbons (Fsp3) is 0.854. The number of hydrogen-bond donors (Lipinski definition) is 0. The second kappa shape index (κ2) is 8.73. The molecule has 6 unspecified atom stereocenters. The lowest BCUT2D eigenvalue weighted by Gasteiger charge is -2.68. The van der Waals surface area contributed by atoms with Crippen molar-refractivity contribution in [1.29, 1.82) is 0 Å². The van der Waals surface area contributed by atoms with Gasteiger partial charge in [0.1, 0.15) is 0 Å². The smallest absolute Gasteiger partial charge is 0.338 e. The molecule has 0 aromatic carbocycles. The van der Waals surface area contributed by atoms with Gasteiger partial charge in [0, 0.05) is 14.7 Å². The van der Waals surface area contributed by atoms with Crippen LogP contribution in [0.2, 0.25) is 0 Å². The van der Waals surface area contributed by atoms with Gasteiger partial charge in [-0.3, -0.25) is 0 Å². The van der Waals surface area contributed by atoms with E-state index in [9.17, 15) is 9.59 Å². The third-order valence-corrected chi connectivity index (χ3v) is 33.5. The van der Waals surface area contributed by atoms with Gasteiger partial charge in [0.05, 0.1) is 24.8 Å². The molecule has 0 aromatic heterocycles. The highest BCUT2D eigenvalue weighted by molar-refractivity contribution is 8.11. The van der Waals surface area contributed by atoms with E-state index in [1.165, 1.54) is 126 Å². The lowest BCUT2D eigenvalue weighted by atomic mass is 9.45. The summed E-state index contributed by atoms with van der Waals surface area (Å²) in [4.78, 5) is 29.5. The van der Waals surface area contributed by atoms with Crippen LogP contribution in [0.5, 0.6) is 0 Å². The molecule has 0 N–H and O–H groups in total. The van der Waals surface area contributed by atoms with Crippen LogP contribution in [0.25, 0.3) is 0 Å². The van der Waals surface area contributed by atoms with Crippen molar-refractivity contribution in [2.24, 2.45) is 69.5 Å². The molecule has 0 amide bonds. The summed E-state index contributed by atoms with van der Waals surface area (Å²) in [5.41, 5.74) is 0.983. The molecule has 4 nitrogen and oxygen atoms in total. The Morgan fingerprint density at radius 2 is 0.875 bits per heavy atom. The van der Waals surface area contributed by atoms with Crippen LogP contribution in [0.15, 0.2) is 22.5 Å². The quantitative estimate of drug-likeness (QED) is 0.211. The molecule has 5 aliphatic heterocycles. The summed E-state index contributed by atoms with van der Waals surface area (Å²) >= 11 is 0. The van der Waals surface area contributed by atoms with Gasteiger partial charge in [0.25, 0.3) is 0 Å². The summed E-state index contributed by atoms with van der Waals surface area (Å²) in [6, 6.07) is 0. The van der Waals surface area contributed by atoms with Crippen molar-refractivity contribution in [3.05, 3.63) is 22.5 Å². The van der Waals surface area contributed by atoms with Crippen molar-refractivity contribution in [2.75, 3.05) is 14.2 Å². The summed E-state index contributed by atoms with van der Waals surface area (Å²) in [5.74, 6) is 10.7. The van der Waals surface area contributed by atoms with Crippen molar-refractivity contribution < 1.29 is 19.1 Å². The minimum atomic E-state index is -0.766. The van der Waals surface area contributed by atoms with Crippen LogP contribution in [0.4, 0.5) is 0 Å². The number of methoxy groups -OCH3 is 2. The minimum absolute atomic E-state index is 0.0183. The van der Waals surface area contributed by atoms with Crippen molar-refractivity contribution in [3.8, 4) is 0 Å². The molecule has 5 heterocycles.